The molecule has 1 aromatic heterocycles. The molecule has 27 heavy (non-hydrogen) atoms. The highest BCUT2D eigenvalue weighted by Crippen LogP contribution is 2.16. The highest BCUT2D eigenvalue weighted by atomic mass is 16.5. The van der Waals surface area contributed by atoms with Crippen molar-refractivity contribution in [3.63, 3.8) is 0 Å². The number of benzene rings is 1. The standard InChI is InChI=1S/C19H25N3O5/c1-3-9-21-14-6-4-5-7-15(14)22(19(21)26)10-8-17(23)20-11-13(2)27-16(12-20)18(24)25/h4-7,13,16H,3,8-12H2,1-2H3,(H,24,25)/t13-,16?/m1/s1. The number of nitrogens with zero attached hydrogens (tertiary/aromatic N) is 3. The van der Waals surface area contributed by atoms with E-state index in [1.54, 1.807) is 16.1 Å². The van der Waals surface area contributed by atoms with Gasteiger partial charge in [-0.15, -0.1) is 0 Å². The van der Waals surface area contributed by atoms with Gasteiger partial charge < -0.3 is 14.7 Å². The highest BCUT2D eigenvalue weighted by Gasteiger charge is 2.32. The lowest BCUT2D eigenvalue weighted by molar-refractivity contribution is -0.166. The summed E-state index contributed by atoms with van der Waals surface area (Å²) in [6.45, 7) is 5.04. The van der Waals surface area contributed by atoms with Gasteiger partial charge in [-0.3, -0.25) is 13.9 Å². The number of carboxylic acids is 1. The van der Waals surface area contributed by atoms with Crippen LogP contribution in [0.5, 0.6) is 0 Å². The van der Waals surface area contributed by atoms with Crippen molar-refractivity contribution in [3.8, 4) is 0 Å². The fourth-order valence-electron chi connectivity index (χ4n) is 3.59. The molecular formula is C19H25N3O5. The zero-order valence-electron chi connectivity index (χ0n) is 15.6. The number of ether oxygens (including phenoxy) is 1. The number of aromatic nitrogens is 2. The van der Waals surface area contributed by atoms with Gasteiger partial charge in [0.05, 0.1) is 23.7 Å². The van der Waals surface area contributed by atoms with Crippen molar-refractivity contribution in [2.24, 2.45) is 0 Å². The molecule has 3 rings (SSSR count). The number of carbonyl (C=O) groups excluding carboxylic acids is 1. The van der Waals surface area contributed by atoms with Crippen LogP contribution in [0, 0.1) is 0 Å². The fourth-order valence-corrected chi connectivity index (χ4v) is 3.59. The zero-order chi connectivity index (χ0) is 19.6. The lowest BCUT2D eigenvalue weighted by Crippen LogP contribution is -2.52. The van der Waals surface area contributed by atoms with E-state index < -0.39 is 12.1 Å². The molecule has 1 amide bonds. The molecule has 1 aromatic carbocycles. The third-order valence-corrected chi connectivity index (χ3v) is 4.81. The Balaban J connectivity index is 1.77. The Hall–Kier alpha value is -2.61. The lowest BCUT2D eigenvalue weighted by Gasteiger charge is -2.35. The molecule has 1 saturated heterocycles. The van der Waals surface area contributed by atoms with Gasteiger partial charge in [-0.1, -0.05) is 19.1 Å². The van der Waals surface area contributed by atoms with Gasteiger partial charge in [-0.25, -0.2) is 9.59 Å². The molecule has 1 aliphatic heterocycles. The number of carboxylic acid groups (broad SMARTS) is 1. The SMILES string of the molecule is CCCn1c(=O)n(CCC(=O)N2CC(C(=O)O)O[C@H](C)C2)c2ccccc21. The summed E-state index contributed by atoms with van der Waals surface area (Å²) in [5.74, 6) is -1.24. The van der Waals surface area contributed by atoms with Crippen LogP contribution in [0.15, 0.2) is 29.1 Å². The summed E-state index contributed by atoms with van der Waals surface area (Å²) >= 11 is 0. The molecule has 1 fully saturated rings. The van der Waals surface area contributed by atoms with Gasteiger partial charge >= 0.3 is 11.7 Å². The van der Waals surface area contributed by atoms with E-state index in [1.807, 2.05) is 31.2 Å². The third-order valence-electron chi connectivity index (χ3n) is 4.81. The molecule has 1 N–H and O–H groups in total. The summed E-state index contributed by atoms with van der Waals surface area (Å²) < 4.78 is 8.71. The van der Waals surface area contributed by atoms with Gasteiger partial charge in [0.15, 0.2) is 6.10 Å². The number of rotatable bonds is 6. The molecule has 0 aliphatic carbocycles. The average Bonchev–Trinajstić information content (AvgIpc) is 2.91. The molecule has 1 aliphatic rings. The number of amides is 1. The minimum atomic E-state index is -1.07. The van der Waals surface area contributed by atoms with Crippen LogP contribution in [0.3, 0.4) is 0 Å². The topological polar surface area (TPSA) is 93.8 Å². The van der Waals surface area contributed by atoms with Crippen LogP contribution in [0.4, 0.5) is 0 Å². The van der Waals surface area contributed by atoms with Crippen molar-refractivity contribution >= 4 is 22.9 Å². The number of carbonyl (C=O) groups is 2. The minimum absolute atomic E-state index is 0.0327. The van der Waals surface area contributed by atoms with Gasteiger partial charge in [-0.2, -0.15) is 0 Å². The minimum Gasteiger partial charge on any atom is -0.479 e. The van der Waals surface area contributed by atoms with Crippen molar-refractivity contribution < 1.29 is 19.4 Å². The average molecular weight is 375 g/mol. The maximum absolute atomic E-state index is 12.8. The highest BCUT2D eigenvalue weighted by molar-refractivity contribution is 5.79. The third kappa shape index (κ3) is 3.90. The first-order chi connectivity index (χ1) is 12.9. The number of aliphatic carboxylic acids is 1. The Kier molecular flexibility index (Phi) is 5.65. The van der Waals surface area contributed by atoms with Gasteiger partial charge in [0.25, 0.3) is 0 Å². The van der Waals surface area contributed by atoms with Gasteiger partial charge in [-0.05, 0) is 25.5 Å². The van der Waals surface area contributed by atoms with Crippen molar-refractivity contribution in [2.45, 2.75) is 52.0 Å². The number of morpholine rings is 1. The number of hydrogen-bond acceptors (Lipinski definition) is 4. The molecule has 0 spiro atoms. The van der Waals surface area contributed by atoms with Crippen LogP contribution < -0.4 is 5.69 Å². The predicted molar refractivity (Wildman–Crippen MR) is 99.7 cm³/mol. The lowest BCUT2D eigenvalue weighted by atomic mass is 10.2. The van der Waals surface area contributed by atoms with Crippen LogP contribution in [0.2, 0.25) is 0 Å². The molecule has 2 atom stereocenters. The van der Waals surface area contributed by atoms with Crippen LogP contribution in [-0.4, -0.2) is 56.3 Å². The molecule has 1 unspecified atom stereocenters. The van der Waals surface area contributed by atoms with Crippen LogP contribution >= 0.6 is 0 Å². The number of para-hydroxylation sites is 2. The summed E-state index contributed by atoms with van der Waals surface area (Å²) in [7, 11) is 0. The zero-order valence-corrected chi connectivity index (χ0v) is 15.6. The molecule has 0 bridgehead atoms. The Labute approximate surface area is 156 Å². The summed E-state index contributed by atoms with van der Waals surface area (Å²) in [5, 5.41) is 9.16. The maximum atomic E-state index is 12.8. The number of hydrogen-bond donors (Lipinski definition) is 1. The monoisotopic (exact) mass is 375 g/mol. The van der Waals surface area contributed by atoms with E-state index >= 15 is 0 Å². The number of fused-ring (bicyclic) bond motifs is 1. The molecule has 8 heteroatoms. The summed E-state index contributed by atoms with van der Waals surface area (Å²) in [6, 6.07) is 7.55. The smallest absolute Gasteiger partial charge is 0.334 e. The predicted octanol–water partition coefficient (Wildman–Crippen LogP) is 1.30. The van der Waals surface area contributed by atoms with E-state index in [-0.39, 0.29) is 37.2 Å². The van der Waals surface area contributed by atoms with E-state index in [1.165, 1.54) is 4.90 Å². The quantitative estimate of drug-likeness (QED) is 0.821. The number of aryl methyl sites for hydroxylation is 2. The molecular weight excluding hydrogens is 350 g/mol. The summed E-state index contributed by atoms with van der Waals surface area (Å²) in [4.78, 5) is 38.1. The first kappa shape index (κ1) is 19.2. The molecule has 0 radical (unpaired) electrons. The van der Waals surface area contributed by atoms with E-state index in [0.29, 0.717) is 13.1 Å². The fraction of sp³-hybridized carbons (Fsp3) is 0.526. The first-order valence-corrected chi connectivity index (χ1v) is 9.26. The van der Waals surface area contributed by atoms with E-state index in [4.69, 9.17) is 9.84 Å². The Morgan fingerprint density at radius 2 is 1.78 bits per heavy atom. The van der Waals surface area contributed by atoms with Crippen LogP contribution in [0.1, 0.15) is 26.7 Å². The normalized spacial score (nSPS) is 20.1. The van der Waals surface area contributed by atoms with E-state index in [9.17, 15) is 14.4 Å². The molecule has 0 saturated carbocycles. The second-order valence-corrected chi connectivity index (χ2v) is 6.90. The molecule has 2 aromatic rings. The second kappa shape index (κ2) is 7.96. The Bertz CT molecular complexity index is 900. The van der Waals surface area contributed by atoms with Gasteiger partial charge in [0, 0.05) is 26.1 Å². The van der Waals surface area contributed by atoms with Gasteiger partial charge in [0.1, 0.15) is 0 Å². The molecule has 2 heterocycles. The van der Waals surface area contributed by atoms with Crippen molar-refractivity contribution in [1.29, 1.82) is 0 Å². The first-order valence-electron chi connectivity index (χ1n) is 9.26. The second-order valence-electron chi connectivity index (χ2n) is 6.90. The van der Waals surface area contributed by atoms with Crippen LogP contribution in [-0.2, 0) is 27.4 Å². The van der Waals surface area contributed by atoms with Crippen molar-refractivity contribution in [3.05, 3.63) is 34.7 Å². The number of imidazole rings is 1. The van der Waals surface area contributed by atoms with Crippen molar-refractivity contribution in [1.82, 2.24) is 14.0 Å². The summed E-state index contributed by atoms with van der Waals surface area (Å²) in [5.41, 5.74) is 1.55. The molecule has 8 nitrogen and oxygen atoms in total. The van der Waals surface area contributed by atoms with Gasteiger partial charge in [0.2, 0.25) is 5.91 Å². The Morgan fingerprint density at radius 3 is 2.37 bits per heavy atom. The molecule has 146 valence electrons. The van der Waals surface area contributed by atoms with E-state index in [2.05, 4.69) is 0 Å². The van der Waals surface area contributed by atoms with E-state index in [0.717, 1.165) is 17.5 Å². The van der Waals surface area contributed by atoms with Crippen molar-refractivity contribution in [2.75, 3.05) is 13.1 Å². The largest absolute Gasteiger partial charge is 0.479 e. The Morgan fingerprint density at radius 1 is 1.15 bits per heavy atom. The van der Waals surface area contributed by atoms with Crippen LogP contribution in [0.25, 0.3) is 11.0 Å². The maximum Gasteiger partial charge on any atom is 0.334 e. The summed E-state index contributed by atoms with van der Waals surface area (Å²) in [6.07, 6.45) is -0.362.